The van der Waals surface area contributed by atoms with Crippen molar-refractivity contribution in [2.75, 3.05) is 6.61 Å². The molecule has 5 nitrogen and oxygen atoms in total. The minimum atomic E-state index is -1.07. The van der Waals surface area contributed by atoms with E-state index in [1.165, 1.54) is 0 Å². The first kappa shape index (κ1) is 16.9. The molecule has 7 heteroatoms. The largest absolute Gasteiger partial charge is 0.484 e. The highest BCUT2D eigenvalue weighted by Crippen LogP contribution is 2.63. The highest BCUT2D eigenvalue weighted by Gasteiger charge is 2.68. The Labute approximate surface area is 139 Å². The summed E-state index contributed by atoms with van der Waals surface area (Å²) in [6.45, 7) is 5.33. The lowest BCUT2D eigenvalue weighted by molar-refractivity contribution is -0.132. The van der Waals surface area contributed by atoms with E-state index in [0.717, 1.165) is 11.1 Å². The van der Waals surface area contributed by atoms with E-state index in [9.17, 15) is 9.59 Å². The Kier molecular flexibility index (Phi) is 4.59. The Bertz CT molecular complexity index is 599. The number of hydrogen-bond donors (Lipinski definition) is 2. The van der Waals surface area contributed by atoms with Gasteiger partial charge in [-0.05, 0) is 50.5 Å². The van der Waals surface area contributed by atoms with Gasteiger partial charge in [0, 0.05) is 0 Å². The van der Waals surface area contributed by atoms with Crippen molar-refractivity contribution in [1.29, 1.82) is 0 Å². The summed E-state index contributed by atoms with van der Waals surface area (Å²) < 4.78 is 4.32. The van der Waals surface area contributed by atoms with Gasteiger partial charge in [0.25, 0.3) is 5.91 Å². The van der Waals surface area contributed by atoms with Gasteiger partial charge in [-0.1, -0.05) is 6.07 Å². The molecule has 1 aliphatic rings. The smallest absolute Gasteiger partial charge is 0.276 e. The summed E-state index contributed by atoms with van der Waals surface area (Å²) >= 11 is 11.8. The Morgan fingerprint density at radius 3 is 2.23 bits per heavy atom. The molecule has 1 aromatic rings. The van der Waals surface area contributed by atoms with E-state index in [1.807, 2.05) is 32.0 Å². The van der Waals surface area contributed by atoms with Crippen LogP contribution in [-0.4, -0.2) is 22.8 Å². The number of carbonyl (C=O) groups excluding carboxylic acids is 2. The van der Waals surface area contributed by atoms with E-state index in [1.54, 1.807) is 6.92 Å². The average Bonchev–Trinajstić information content (AvgIpc) is 2.93. The molecule has 0 aromatic heterocycles. The topological polar surface area (TPSA) is 67.4 Å². The van der Waals surface area contributed by atoms with Crippen LogP contribution >= 0.6 is 23.2 Å². The number of rotatable bonds is 4. The number of amides is 2. The normalized spacial score (nSPS) is 21.9. The second-order valence-electron chi connectivity index (χ2n) is 5.83. The first-order valence-electron chi connectivity index (χ1n) is 6.82. The quantitative estimate of drug-likeness (QED) is 0.651. The van der Waals surface area contributed by atoms with Crippen LogP contribution in [0.15, 0.2) is 18.2 Å². The highest BCUT2D eigenvalue weighted by atomic mass is 35.5. The number of benzene rings is 1. The number of carbonyl (C=O) groups is 2. The molecule has 1 saturated carbocycles. The molecule has 1 fully saturated rings. The maximum atomic E-state index is 11.9. The summed E-state index contributed by atoms with van der Waals surface area (Å²) in [5, 5.41) is 0. The summed E-state index contributed by atoms with van der Waals surface area (Å²) in [5.74, 6) is -0.280. The summed E-state index contributed by atoms with van der Waals surface area (Å²) in [6, 6.07) is 5.67. The molecular formula is C15H18Cl2N2O3. The van der Waals surface area contributed by atoms with Crippen molar-refractivity contribution < 1.29 is 14.3 Å². The molecule has 2 N–H and O–H groups in total. The molecule has 0 aliphatic heterocycles. The molecule has 0 bridgehead atoms. The van der Waals surface area contributed by atoms with Crippen LogP contribution < -0.4 is 15.6 Å². The van der Waals surface area contributed by atoms with Crippen molar-refractivity contribution in [3.05, 3.63) is 29.3 Å². The molecule has 0 radical (unpaired) electrons. The second-order valence-corrected chi connectivity index (χ2v) is 7.31. The van der Waals surface area contributed by atoms with Crippen LogP contribution in [0.4, 0.5) is 0 Å². The number of aryl methyl sites for hydroxylation is 2. The number of alkyl halides is 2. The van der Waals surface area contributed by atoms with Gasteiger partial charge in [0.1, 0.15) is 10.1 Å². The fraction of sp³-hybridized carbons (Fsp3) is 0.467. The number of halogens is 2. The van der Waals surface area contributed by atoms with E-state index in [-0.39, 0.29) is 6.61 Å². The molecule has 1 atom stereocenters. The van der Waals surface area contributed by atoms with Gasteiger partial charge in [0.2, 0.25) is 5.91 Å². The SMILES string of the molecule is Cc1cc(C)cc(OCC(=O)NNC(=O)C2(C)CC2(Cl)Cl)c1. The maximum absolute atomic E-state index is 11.9. The predicted octanol–water partition coefficient (Wildman–Crippen LogP) is 2.41. The monoisotopic (exact) mass is 344 g/mol. The Balaban J connectivity index is 1.78. The molecule has 0 heterocycles. The number of hydrazine groups is 1. The molecule has 22 heavy (non-hydrogen) atoms. The van der Waals surface area contributed by atoms with E-state index >= 15 is 0 Å². The first-order valence-corrected chi connectivity index (χ1v) is 7.58. The fourth-order valence-electron chi connectivity index (χ4n) is 2.11. The molecule has 1 aliphatic carbocycles. The zero-order valence-corrected chi connectivity index (χ0v) is 14.1. The van der Waals surface area contributed by atoms with E-state index in [2.05, 4.69) is 10.9 Å². The van der Waals surface area contributed by atoms with E-state index in [4.69, 9.17) is 27.9 Å². The molecule has 0 spiro atoms. The number of ether oxygens (including phenoxy) is 1. The molecule has 120 valence electrons. The number of hydrogen-bond acceptors (Lipinski definition) is 3. The van der Waals surface area contributed by atoms with Crippen molar-refractivity contribution in [2.45, 2.75) is 31.5 Å². The zero-order chi connectivity index (χ0) is 16.5. The van der Waals surface area contributed by atoms with Crippen LogP contribution in [0.5, 0.6) is 5.75 Å². The van der Waals surface area contributed by atoms with Gasteiger partial charge in [-0.3, -0.25) is 20.4 Å². The van der Waals surface area contributed by atoms with Gasteiger partial charge < -0.3 is 4.74 Å². The van der Waals surface area contributed by atoms with Crippen LogP contribution in [0.25, 0.3) is 0 Å². The average molecular weight is 345 g/mol. The van der Waals surface area contributed by atoms with Crippen molar-refractivity contribution in [3.63, 3.8) is 0 Å². The first-order chi connectivity index (χ1) is 10.1. The van der Waals surface area contributed by atoms with Crippen LogP contribution in [0, 0.1) is 19.3 Å². The van der Waals surface area contributed by atoms with Crippen molar-refractivity contribution in [3.8, 4) is 5.75 Å². The second kappa shape index (κ2) is 5.97. The van der Waals surface area contributed by atoms with Crippen LogP contribution in [0.2, 0.25) is 0 Å². The van der Waals surface area contributed by atoms with Crippen molar-refractivity contribution >= 4 is 35.0 Å². The Morgan fingerprint density at radius 1 is 1.18 bits per heavy atom. The summed E-state index contributed by atoms with van der Waals surface area (Å²) in [7, 11) is 0. The van der Waals surface area contributed by atoms with Gasteiger partial charge in [-0.15, -0.1) is 23.2 Å². The van der Waals surface area contributed by atoms with Crippen LogP contribution in [0.3, 0.4) is 0 Å². The third kappa shape index (κ3) is 3.65. The summed E-state index contributed by atoms with van der Waals surface area (Å²) in [6.07, 6.45) is 0.351. The third-order valence-corrected chi connectivity index (χ3v) is 4.74. The van der Waals surface area contributed by atoms with Gasteiger partial charge in [-0.25, -0.2) is 0 Å². The molecule has 2 amide bonds. The minimum Gasteiger partial charge on any atom is -0.484 e. The van der Waals surface area contributed by atoms with Crippen molar-refractivity contribution in [2.24, 2.45) is 5.41 Å². The van der Waals surface area contributed by atoms with E-state index in [0.29, 0.717) is 12.2 Å². The summed E-state index contributed by atoms with van der Waals surface area (Å²) in [4.78, 5) is 23.6. The fourth-order valence-corrected chi connectivity index (χ4v) is 2.82. The third-order valence-electron chi connectivity index (χ3n) is 3.64. The number of nitrogens with one attached hydrogen (secondary N) is 2. The lowest BCUT2D eigenvalue weighted by atomic mass is 10.1. The van der Waals surface area contributed by atoms with Crippen molar-refractivity contribution in [1.82, 2.24) is 10.9 Å². The van der Waals surface area contributed by atoms with Gasteiger partial charge in [0.05, 0.1) is 5.41 Å². The Hall–Kier alpha value is -1.46. The molecule has 1 aromatic carbocycles. The molecule has 2 rings (SSSR count). The zero-order valence-electron chi connectivity index (χ0n) is 12.6. The lowest BCUT2D eigenvalue weighted by Gasteiger charge is -2.14. The summed E-state index contributed by atoms with van der Waals surface area (Å²) in [5.41, 5.74) is 5.81. The lowest BCUT2D eigenvalue weighted by Crippen LogP contribution is -2.47. The van der Waals surface area contributed by atoms with Crippen LogP contribution in [0.1, 0.15) is 24.5 Å². The Morgan fingerprint density at radius 2 is 1.73 bits per heavy atom. The van der Waals surface area contributed by atoms with Gasteiger partial charge >= 0.3 is 0 Å². The molecular weight excluding hydrogens is 327 g/mol. The highest BCUT2D eigenvalue weighted by molar-refractivity contribution is 6.53. The predicted molar refractivity (Wildman–Crippen MR) is 84.9 cm³/mol. The minimum absolute atomic E-state index is 0.202. The molecule has 0 saturated heterocycles. The van der Waals surface area contributed by atoms with Crippen LogP contribution in [-0.2, 0) is 9.59 Å². The van der Waals surface area contributed by atoms with Gasteiger partial charge in [-0.2, -0.15) is 0 Å². The molecule has 1 unspecified atom stereocenters. The van der Waals surface area contributed by atoms with Gasteiger partial charge in [0.15, 0.2) is 6.61 Å². The maximum Gasteiger partial charge on any atom is 0.276 e. The standard InChI is InChI=1S/C15H18Cl2N2O3/c1-9-4-10(2)6-11(5-9)22-7-12(20)18-19-13(21)14(3)8-15(14,16)17/h4-6H,7-8H2,1-3H3,(H,18,20)(H,19,21). The van der Waals surface area contributed by atoms with E-state index < -0.39 is 21.6 Å².